The first kappa shape index (κ1) is 17.1. The average molecular weight is 351 g/mol. The van der Waals surface area contributed by atoms with Gasteiger partial charge in [0, 0.05) is 25.5 Å². The van der Waals surface area contributed by atoms with Crippen LogP contribution in [-0.4, -0.2) is 27.2 Å². The van der Waals surface area contributed by atoms with E-state index in [0.29, 0.717) is 35.1 Å². The number of nitrogens with zero attached hydrogens (tertiary/aromatic N) is 4. The highest BCUT2D eigenvalue weighted by molar-refractivity contribution is 5.89. The molecule has 0 unspecified atom stereocenters. The van der Waals surface area contributed by atoms with Crippen LogP contribution in [0.15, 0.2) is 42.7 Å². The van der Waals surface area contributed by atoms with Crippen molar-refractivity contribution in [3.8, 4) is 17.7 Å². The number of ether oxygens (including phenoxy) is 2. The maximum atomic E-state index is 11.5. The summed E-state index contributed by atoms with van der Waals surface area (Å²) in [5.74, 6) is 1.15. The monoisotopic (exact) mass is 351 g/mol. The first-order chi connectivity index (χ1) is 12.5. The number of hydrogen-bond acceptors (Lipinski definition) is 6. The fourth-order valence-corrected chi connectivity index (χ4v) is 2.49. The zero-order chi connectivity index (χ0) is 18.7. The van der Waals surface area contributed by atoms with Gasteiger partial charge < -0.3 is 19.8 Å². The van der Waals surface area contributed by atoms with Crippen LogP contribution in [0.5, 0.6) is 11.6 Å². The van der Waals surface area contributed by atoms with Gasteiger partial charge in [-0.25, -0.2) is 9.78 Å². The summed E-state index contributed by atoms with van der Waals surface area (Å²) in [6.07, 6.45) is 3.50. The number of carbonyl (C=O) groups excluding carboxylic acids is 1. The van der Waals surface area contributed by atoms with Gasteiger partial charge in [-0.3, -0.25) is 4.57 Å². The zero-order valence-electron chi connectivity index (χ0n) is 14.3. The van der Waals surface area contributed by atoms with Crippen LogP contribution in [0.2, 0.25) is 0 Å². The smallest absolute Gasteiger partial charge is 0.337 e. The Labute approximate surface area is 150 Å². The number of nitriles is 1. The summed E-state index contributed by atoms with van der Waals surface area (Å²) in [5.41, 5.74) is 7.15. The number of esters is 1. The second kappa shape index (κ2) is 7.03. The first-order valence-corrected chi connectivity index (χ1v) is 7.75. The van der Waals surface area contributed by atoms with Crippen LogP contribution in [-0.2, 0) is 18.3 Å². The fraction of sp³-hybridized carbons (Fsp3) is 0.167. The highest BCUT2D eigenvalue weighted by atomic mass is 16.5. The molecule has 3 rings (SSSR count). The third kappa shape index (κ3) is 3.23. The first-order valence-electron chi connectivity index (χ1n) is 7.75. The van der Waals surface area contributed by atoms with Crippen molar-refractivity contribution >= 4 is 11.7 Å². The maximum Gasteiger partial charge on any atom is 0.337 e. The second-order valence-electron chi connectivity index (χ2n) is 5.56. The van der Waals surface area contributed by atoms with Gasteiger partial charge in [0.25, 0.3) is 0 Å². The topological polar surface area (TPSA) is 108 Å². The van der Waals surface area contributed by atoms with E-state index in [9.17, 15) is 10.1 Å². The van der Waals surface area contributed by atoms with Gasteiger partial charge in [0.2, 0.25) is 5.88 Å². The SMILES string of the molecule is COC(=O)c1ccc(Oc2c(N)cc(C#N)n2Cc2nccn2C)cc1. The molecule has 0 saturated heterocycles. The lowest BCUT2D eigenvalue weighted by atomic mass is 10.2. The van der Waals surface area contributed by atoms with E-state index in [0.717, 1.165) is 5.82 Å². The average Bonchev–Trinajstić information content (AvgIpc) is 3.19. The van der Waals surface area contributed by atoms with Gasteiger partial charge in [-0.1, -0.05) is 0 Å². The van der Waals surface area contributed by atoms with E-state index in [-0.39, 0.29) is 0 Å². The van der Waals surface area contributed by atoms with Crippen LogP contribution in [0.3, 0.4) is 0 Å². The van der Waals surface area contributed by atoms with Gasteiger partial charge in [0.05, 0.1) is 24.9 Å². The molecule has 2 N–H and O–H groups in total. The Morgan fingerprint density at radius 1 is 1.35 bits per heavy atom. The van der Waals surface area contributed by atoms with E-state index in [1.54, 1.807) is 41.1 Å². The molecule has 0 fully saturated rings. The van der Waals surface area contributed by atoms with Gasteiger partial charge >= 0.3 is 5.97 Å². The molecule has 132 valence electrons. The maximum absolute atomic E-state index is 11.5. The molecule has 2 heterocycles. The number of aryl methyl sites for hydroxylation is 1. The Bertz CT molecular complexity index is 979. The number of anilines is 1. The molecule has 0 aliphatic rings. The minimum atomic E-state index is -0.430. The Morgan fingerprint density at radius 2 is 2.08 bits per heavy atom. The standard InChI is InChI=1S/C18H17N5O3/c1-22-8-7-21-16(22)11-23-13(10-19)9-15(20)17(23)26-14-5-3-12(4-6-14)18(24)25-2/h3-9H,11,20H2,1-2H3. The Kier molecular flexibility index (Phi) is 4.62. The number of hydrogen-bond donors (Lipinski definition) is 1. The number of aromatic nitrogens is 3. The molecule has 1 aromatic carbocycles. The summed E-state index contributed by atoms with van der Waals surface area (Å²) in [6, 6.07) is 10.1. The third-order valence-electron chi connectivity index (χ3n) is 3.90. The highest BCUT2D eigenvalue weighted by Gasteiger charge is 2.17. The molecule has 3 aromatic rings. The highest BCUT2D eigenvalue weighted by Crippen LogP contribution is 2.32. The van der Waals surface area contributed by atoms with Crippen molar-refractivity contribution in [2.45, 2.75) is 6.54 Å². The number of rotatable bonds is 5. The minimum absolute atomic E-state index is 0.333. The van der Waals surface area contributed by atoms with Crippen LogP contribution in [0, 0.1) is 11.3 Å². The minimum Gasteiger partial charge on any atom is -0.465 e. The summed E-state index contributed by atoms with van der Waals surface area (Å²) < 4.78 is 14.1. The van der Waals surface area contributed by atoms with E-state index in [1.807, 2.05) is 17.8 Å². The van der Waals surface area contributed by atoms with E-state index in [4.69, 9.17) is 10.5 Å². The lowest BCUT2D eigenvalue weighted by Gasteiger charge is -2.12. The molecule has 8 nitrogen and oxygen atoms in total. The van der Waals surface area contributed by atoms with Gasteiger partial charge in [0.15, 0.2) is 0 Å². The molecule has 0 atom stereocenters. The van der Waals surface area contributed by atoms with E-state index < -0.39 is 5.97 Å². The van der Waals surface area contributed by atoms with Gasteiger partial charge in [0.1, 0.15) is 23.3 Å². The van der Waals surface area contributed by atoms with Crippen molar-refractivity contribution in [1.29, 1.82) is 5.26 Å². The predicted molar refractivity (Wildman–Crippen MR) is 93.7 cm³/mol. The normalized spacial score (nSPS) is 10.3. The van der Waals surface area contributed by atoms with E-state index in [2.05, 4.69) is 15.8 Å². The molecule has 0 radical (unpaired) electrons. The number of benzene rings is 1. The van der Waals surface area contributed by atoms with Crippen molar-refractivity contribution in [2.24, 2.45) is 7.05 Å². The number of carbonyl (C=O) groups is 1. The van der Waals surface area contributed by atoms with E-state index >= 15 is 0 Å². The Morgan fingerprint density at radius 3 is 2.65 bits per heavy atom. The molecular formula is C18H17N5O3. The van der Waals surface area contributed by atoms with Crippen molar-refractivity contribution in [2.75, 3.05) is 12.8 Å². The lowest BCUT2D eigenvalue weighted by molar-refractivity contribution is 0.0600. The molecule has 0 bridgehead atoms. The zero-order valence-corrected chi connectivity index (χ0v) is 14.3. The van der Waals surface area contributed by atoms with Crippen molar-refractivity contribution in [3.63, 3.8) is 0 Å². The molecule has 26 heavy (non-hydrogen) atoms. The molecule has 8 heteroatoms. The molecular weight excluding hydrogens is 334 g/mol. The molecule has 2 aromatic heterocycles. The summed E-state index contributed by atoms with van der Waals surface area (Å²) in [6.45, 7) is 0.333. The number of nitrogen functional groups attached to an aromatic ring is 1. The van der Waals surface area contributed by atoms with Gasteiger partial charge in [-0.05, 0) is 24.3 Å². The second-order valence-corrected chi connectivity index (χ2v) is 5.56. The molecule has 0 aliphatic heterocycles. The van der Waals surface area contributed by atoms with Crippen LogP contribution in [0.1, 0.15) is 21.9 Å². The van der Waals surface area contributed by atoms with Gasteiger partial charge in [-0.15, -0.1) is 0 Å². The summed E-state index contributed by atoms with van der Waals surface area (Å²) in [5, 5.41) is 9.38. The fourth-order valence-electron chi connectivity index (χ4n) is 2.49. The van der Waals surface area contributed by atoms with Crippen LogP contribution >= 0.6 is 0 Å². The summed E-state index contributed by atoms with van der Waals surface area (Å²) in [7, 11) is 3.19. The third-order valence-corrected chi connectivity index (χ3v) is 3.90. The molecule has 0 amide bonds. The number of methoxy groups -OCH3 is 1. The summed E-state index contributed by atoms with van der Waals surface area (Å²) in [4.78, 5) is 15.8. The largest absolute Gasteiger partial charge is 0.465 e. The van der Waals surface area contributed by atoms with Crippen molar-refractivity contribution in [3.05, 3.63) is 59.8 Å². The van der Waals surface area contributed by atoms with Crippen LogP contribution in [0.25, 0.3) is 0 Å². The Balaban J connectivity index is 1.92. The van der Waals surface area contributed by atoms with Crippen molar-refractivity contribution < 1.29 is 14.3 Å². The van der Waals surface area contributed by atoms with E-state index in [1.165, 1.54) is 7.11 Å². The Hall–Kier alpha value is -3.73. The van der Waals surface area contributed by atoms with Gasteiger partial charge in [-0.2, -0.15) is 5.26 Å². The number of nitrogens with two attached hydrogens (primary N) is 1. The number of imidazole rings is 1. The lowest BCUT2D eigenvalue weighted by Crippen LogP contribution is -2.09. The molecule has 0 saturated carbocycles. The molecule has 0 aliphatic carbocycles. The van der Waals surface area contributed by atoms with Crippen LogP contribution < -0.4 is 10.5 Å². The van der Waals surface area contributed by atoms with Crippen LogP contribution in [0.4, 0.5) is 5.69 Å². The molecule has 0 spiro atoms. The summed E-state index contributed by atoms with van der Waals surface area (Å²) >= 11 is 0. The van der Waals surface area contributed by atoms with Crippen molar-refractivity contribution in [1.82, 2.24) is 14.1 Å². The quantitative estimate of drug-likeness (QED) is 0.707. The predicted octanol–water partition coefficient (Wildman–Crippen LogP) is 2.30.